The number of benzene rings is 3. The molecule has 1 fully saturated rings. The van der Waals surface area contributed by atoms with Crippen molar-refractivity contribution >= 4 is 22.6 Å². The number of hydrogen-bond donors (Lipinski definition) is 0. The molecular formula is C29H31N3O2. The van der Waals surface area contributed by atoms with Gasteiger partial charge in [0, 0.05) is 37.2 Å². The van der Waals surface area contributed by atoms with Gasteiger partial charge in [0.15, 0.2) is 0 Å². The zero-order chi connectivity index (χ0) is 23.7. The van der Waals surface area contributed by atoms with E-state index < -0.39 is 0 Å². The number of methoxy groups -OCH3 is 1. The van der Waals surface area contributed by atoms with Crippen LogP contribution in [0.4, 0.5) is 5.69 Å². The van der Waals surface area contributed by atoms with Crippen molar-refractivity contribution < 1.29 is 9.53 Å². The Labute approximate surface area is 201 Å². The smallest absolute Gasteiger partial charge is 0.227 e. The Morgan fingerprint density at radius 2 is 1.85 bits per heavy atom. The minimum absolute atomic E-state index is 0.0329. The van der Waals surface area contributed by atoms with Crippen LogP contribution in [0.5, 0.6) is 5.75 Å². The van der Waals surface area contributed by atoms with E-state index in [4.69, 9.17) is 9.72 Å². The molecule has 0 N–H and O–H groups in total. The molecule has 5 nitrogen and oxygen atoms in total. The maximum absolute atomic E-state index is 13.0. The Hall–Kier alpha value is -3.60. The molecule has 1 aliphatic heterocycles. The summed E-state index contributed by atoms with van der Waals surface area (Å²) >= 11 is 0. The van der Waals surface area contributed by atoms with Crippen molar-refractivity contribution in [2.75, 3.05) is 18.6 Å². The van der Waals surface area contributed by atoms with Gasteiger partial charge in [-0.2, -0.15) is 0 Å². The molecule has 1 aromatic heterocycles. The predicted molar refractivity (Wildman–Crippen MR) is 137 cm³/mol. The second-order valence-electron chi connectivity index (χ2n) is 9.20. The molecule has 1 aliphatic rings. The van der Waals surface area contributed by atoms with Gasteiger partial charge in [-0.15, -0.1) is 0 Å². The Bertz CT molecular complexity index is 1310. The lowest BCUT2D eigenvalue weighted by molar-refractivity contribution is -0.117. The van der Waals surface area contributed by atoms with Crippen LogP contribution in [-0.4, -0.2) is 29.1 Å². The van der Waals surface area contributed by atoms with Gasteiger partial charge >= 0.3 is 0 Å². The Morgan fingerprint density at radius 3 is 2.62 bits per heavy atom. The summed E-state index contributed by atoms with van der Waals surface area (Å²) in [4.78, 5) is 19.9. The van der Waals surface area contributed by atoms with Crippen LogP contribution in [-0.2, 0) is 11.3 Å². The summed E-state index contributed by atoms with van der Waals surface area (Å²) in [5.74, 6) is 2.44. The number of para-hydroxylation sites is 2. The highest BCUT2D eigenvalue weighted by Gasteiger charge is 2.35. The van der Waals surface area contributed by atoms with Gasteiger partial charge < -0.3 is 14.2 Å². The fourth-order valence-corrected chi connectivity index (χ4v) is 4.85. The summed E-state index contributed by atoms with van der Waals surface area (Å²) < 4.78 is 7.65. The lowest BCUT2D eigenvalue weighted by Gasteiger charge is -2.18. The van der Waals surface area contributed by atoms with Crippen LogP contribution in [0.1, 0.15) is 55.5 Å². The minimum Gasteiger partial charge on any atom is -0.497 e. The normalized spacial score (nSPS) is 16.9. The van der Waals surface area contributed by atoms with E-state index in [1.807, 2.05) is 35.2 Å². The number of carbonyl (C=O) groups is 1. The maximum Gasteiger partial charge on any atom is 0.227 e. The van der Waals surface area contributed by atoms with Crippen molar-refractivity contribution in [3.63, 3.8) is 0 Å². The third kappa shape index (κ3) is 4.18. The van der Waals surface area contributed by atoms with Crippen LogP contribution in [0, 0.1) is 0 Å². The first-order chi connectivity index (χ1) is 16.6. The molecule has 1 saturated heterocycles. The Kier molecular flexibility index (Phi) is 6.10. The molecule has 0 saturated carbocycles. The largest absolute Gasteiger partial charge is 0.497 e. The molecule has 0 bridgehead atoms. The first-order valence-corrected chi connectivity index (χ1v) is 12.1. The van der Waals surface area contributed by atoms with Crippen LogP contribution in [0.25, 0.3) is 11.0 Å². The summed E-state index contributed by atoms with van der Waals surface area (Å²) in [5.41, 5.74) is 5.56. The highest BCUT2D eigenvalue weighted by atomic mass is 16.5. The van der Waals surface area contributed by atoms with Gasteiger partial charge in [-0.25, -0.2) is 4.98 Å². The SMILES string of the molecule is CCC(C)c1ccc(Cn2c(C3CC(=O)N(c4cccc(OC)c4)C3)nc3ccccc32)cc1. The molecule has 34 heavy (non-hydrogen) atoms. The van der Waals surface area contributed by atoms with Crippen LogP contribution in [0.2, 0.25) is 0 Å². The molecule has 2 unspecified atom stereocenters. The van der Waals surface area contributed by atoms with E-state index in [2.05, 4.69) is 60.9 Å². The Morgan fingerprint density at radius 1 is 1.06 bits per heavy atom. The number of fused-ring (bicyclic) bond motifs is 1. The van der Waals surface area contributed by atoms with Crippen molar-refractivity contribution in [3.05, 3.63) is 89.7 Å². The number of anilines is 1. The van der Waals surface area contributed by atoms with E-state index in [-0.39, 0.29) is 11.8 Å². The molecule has 5 heteroatoms. The first kappa shape index (κ1) is 22.2. The van der Waals surface area contributed by atoms with Crippen molar-refractivity contribution in [2.24, 2.45) is 0 Å². The fourth-order valence-electron chi connectivity index (χ4n) is 4.85. The number of amides is 1. The lowest BCUT2D eigenvalue weighted by Crippen LogP contribution is -2.24. The van der Waals surface area contributed by atoms with Crippen LogP contribution in [0.15, 0.2) is 72.8 Å². The number of imidazole rings is 1. The van der Waals surface area contributed by atoms with Crippen molar-refractivity contribution in [2.45, 2.75) is 45.1 Å². The molecule has 3 aromatic carbocycles. The number of hydrogen-bond acceptors (Lipinski definition) is 3. The van der Waals surface area contributed by atoms with E-state index in [0.29, 0.717) is 18.9 Å². The Balaban J connectivity index is 1.47. The van der Waals surface area contributed by atoms with Gasteiger partial charge in [0.05, 0.1) is 18.1 Å². The van der Waals surface area contributed by atoms with Gasteiger partial charge in [0.25, 0.3) is 0 Å². The van der Waals surface area contributed by atoms with Gasteiger partial charge in [-0.3, -0.25) is 4.79 Å². The monoisotopic (exact) mass is 453 g/mol. The van der Waals surface area contributed by atoms with Crippen molar-refractivity contribution in [1.82, 2.24) is 9.55 Å². The topological polar surface area (TPSA) is 47.4 Å². The molecule has 1 amide bonds. The molecule has 5 rings (SSSR count). The summed E-state index contributed by atoms with van der Waals surface area (Å²) in [6, 6.07) is 24.9. The van der Waals surface area contributed by atoms with Gasteiger partial charge in [0.2, 0.25) is 5.91 Å². The van der Waals surface area contributed by atoms with Crippen LogP contribution < -0.4 is 9.64 Å². The van der Waals surface area contributed by atoms with E-state index >= 15 is 0 Å². The molecule has 4 aromatic rings. The number of nitrogens with zero attached hydrogens (tertiary/aromatic N) is 3. The van der Waals surface area contributed by atoms with Crippen molar-refractivity contribution in [3.8, 4) is 5.75 Å². The lowest BCUT2D eigenvalue weighted by atomic mass is 9.97. The molecule has 2 atom stereocenters. The highest BCUT2D eigenvalue weighted by molar-refractivity contribution is 5.96. The number of aromatic nitrogens is 2. The molecule has 0 aliphatic carbocycles. The molecule has 174 valence electrons. The second-order valence-corrected chi connectivity index (χ2v) is 9.20. The predicted octanol–water partition coefficient (Wildman–Crippen LogP) is 6.13. The quantitative estimate of drug-likeness (QED) is 0.338. The standard InChI is InChI=1S/C29H31N3O2/c1-4-20(2)22-14-12-21(13-15-22)18-32-27-11-6-5-10-26(27)30-29(32)23-16-28(33)31(19-23)24-8-7-9-25(17-24)34-3/h5-15,17,20,23H,4,16,18-19H2,1-3H3. The summed E-state index contributed by atoms with van der Waals surface area (Å²) in [6.45, 7) is 5.84. The molecule has 0 radical (unpaired) electrons. The van der Waals surface area contributed by atoms with Gasteiger partial charge in [-0.05, 0) is 47.7 Å². The van der Waals surface area contributed by atoms with E-state index in [1.54, 1.807) is 7.11 Å². The average molecular weight is 454 g/mol. The third-order valence-corrected chi connectivity index (χ3v) is 7.04. The highest BCUT2D eigenvalue weighted by Crippen LogP contribution is 2.34. The maximum atomic E-state index is 13.0. The number of rotatable bonds is 7. The summed E-state index contributed by atoms with van der Waals surface area (Å²) in [6.07, 6.45) is 1.59. The van der Waals surface area contributed by atoms with Gasteiger partial charge in [-0.1, -0.05) is 56.3 Å². The minimum atomic E-state index is 0.0329. The molecule has 0 spiro atoms. The average Bonchev–Trinajstić information content (AvgIpc) is 3.44. The zero-order valence-corrected chi connectivity index (χ0v) is 20.1. The van der Waals surface area contributed by atoms with Crippen molar-refractivity contribution in [1.29, 1.82) is 0 Å². The third-order valence-electron chi connectivity index (χ3n) is 7.04. The number of ether oxygens (including phenoxy) is 1. The fraction of sp³-hybridized carbons (Fsp3) is 0.310. The molecular weight excluding hydrogens is 422 g/mol. The van der Waals surface area contributed by atoms with E-state index in [9.17, 15) is 4.79 Å². The van der Waals surface area contributed by atoms with E-state index in [1.165, 1.54) is 11.1 Å². The van der Waals surface area contributed by atoms with E-state index in [0.717, 1.165) is 41.3 Å². The number of carbonyl (C=O) groups excluding carboxylic acids is 1. The zero-order valence-electron chi connectivity index (χ0n) is 20.1. The molecule has 2 heterocycles. The first-order valence-electron chi connectivity index (χ1n) is 12.1. The summed E-state index contributed by atoms with van der Waals surface area (Å²) in [7, 11) is 1.64. The summed E-state index contributed by atoms with van der Waals surface area (Å²) in [5, 5.41) is 0. The second kappa shape index (κ2) is 9.34. The van der Waals surface area contributed by atoms with Crippen LogP contribution >= 0.6 is 0 Å². The van der Waals surface area contributed by atoms with Gasteiger partial charge in [0.1, 0.15) is 11.6 Å². The van der Waals surface area contributed by atoms with Crippen LogP contribution in [0.3, 0.4) is 0 Å².